The molecule has 41 heavy (non-hydrogen) atoms. The van der Waals surface area contributed by atoms with E-state index in [2.05, 4.69) is 26.0 Å². The van der Waals surface area contributed by atoms with Gasteiger partial charge in [0.2, 0.25) is 0 Å². The molecule has 0 aliphatic rings. The predicted molar refractivity (Wildman–Crippen MR) is 177 cm³/mol. The van der Waals surface area contributed by atoms with Crippen molar-refractivity contribution in [3.05, 3.63) is 12.2 Å². The minimum atomic E-state index is -0.880. The molecule has 0 aromatic heterocycles. The summed E-state index contributed by atoms with van der Waals surface area (Å²) in [5.74, 6) is -1.10. The molecule has 0 heterocycles. The first kappa shape index (κ1) is 39.7. The predicted octanol–water partition coefficient (Wildman–Crippen LogP) is 12.3. The molecule has 1 unspecified atom stereocenters. The molecule has 0 aliphatic heterocycles. The number of unbranched alkanes of at least 4 members (excludes halogenated alkanes) is 24. The average Bonchev–Trinajstić information content (AvgIpc) is 2.95. The van der Waals surface area contributed by atoms with Crippen molar-refractivity contribution in [3.63, 3.8) is 0 Å². The Morgan fingerprint density at radius 1 is 0.537 bits per heavy atom. The Balaban J connectivity index is 3.63. The van der Waals surface area contributed by atoms with Gasteiger partial charge in [0.15, 0.2) is 0 Å². The lowest BCUT2D eigenvalue weighted by Crippen LogP contribution is -2.21. The summed E-state index contributed by atoms with van der Waals surface area (Å²) in [6.07, 6.45) is 39.4. The van der Waals surface area contributed by atoms with Crippen LogP contribution in [0.3, 0.4) is 0 Å². The minimum absolute atomic E-state index is 0.0719. The second-order valence-corrected chi connectivity index (χ2v) is 12.4. The number of rotatable bonds is 33. The third kappa shape index (κ3) is 33.1. The Kier molecular flexibility index (Phi) is 32.1. The van der Waals surface area contributed by atoms with Crippen LogP contribution in [0, 0.1) is 0 Å². The molecular formula is C37H70O4. The van der Waals surface area contributed by atoms with Crippen molar-refractivity contribution in [2.45, 2.75) is 213 Å². The standard InChI is InChI=1S/C37H70O4/c1-3-5-7-9-11-13-15-17-18-19-20-21-22-24-26-28-30-32-35(34-36(38)39)41-37(40)33-31-29-27-25-23-16-14-12-10-8-6-4-2/h10,12,35H,3-9,11,13-34H2,1-2H3,(H,38,39)/b12-10-. The van der Waals surface area contributed by atoms with E-state index in [9.17, 15) is 14.7 Å². The van der Waals surface area contributed by atoms with Crippen LogP contribution in [-0.2, 0) is 14.3 Å². The highest BCUT2D eigenvalue weighted by atomic mass is 16.5. The number of hydrogen-bond donors (Lipinski definition) is 1. The molecule has 0 aromatic rings. The lowest BCUT2D eigenvalue weighted by molar-refractivity contribution is -0.153. The van der Waals surface area contributed by atoms with Gasteiger partial charge in [-0.1, -0.05) is 167 Å². The zero-order valence-corrected chi connectivity index (χ0v) is 27.6. The number of carboxylic acids is 1. The topological polar surface area (TPSA) is 63.6 Å². The quantitative estimate of drug-likeness (QED) is 0.0478. The van der Waals surface area contributed by atoms with Crippen molar-refractivity contribution >= 4 is 11.9 Å². The highest BCUT2D eigenvalue weighted by Crippen LogP contribution is 2.17. The molecule has 0 bridgehead atoms. The Morgan fingerprint density at radius 2 is 0.927 bits per heavy atom. The van der Waals surface area contributed by atoms with Crippen LogP contribution in [0.1, 0.15) is 206 Å². The second kappa shape index (κ2) is 33.2. The van der Waals surface area contributed by atoms with Crippen LogP contribution in [-0.4, -0.2) is 23.1 Å². The zero-order valence-electron chi connectivity index (χ0n) is 27.6. The fourth-order valence-electron chi connectivity index (χ4n) is 5.54. The second-order valence-electron chi connectivity index (χ2n) is 12.4. The molecule has 0 radical (unpaired) electrons. The highest BCUT2D eigenvalue weighted by molar-refractivity contribution is 5.71. The smallest absolute Gasteiger partial charge is 0.307 e. The van der Waals surface area contributed by atoms with Gasteiger partial charge in [-0.05, 0) is 38.5 Å². The van der Waals surface area contributed by atoms with E-state index in [0.29, 0.717) is 12.8 Å². The van der Waals surface area contributed by atoms with Crippen molar-refractivity contribution in [2.24, 2.45) is 0 Å². The van der Waals surface area contributed by atoms with Gasteiger partial charge in [0.25, 0.3) is 0 Å². The minimum Gasteiger partial charge on any atom is -0.481 e. The molecule has 0 spiro atoms. The first-order valence-corrected chi connectivity index (χ1v) is 18.2. The summed E-state index contributed by atoms with van der Waals surface area (Å²) in [5, 5.41) is 9.23. The summed E-state index contributed by atoms with van der Waals surface area (Å²) >= 11 is 0. The number of ether oxygens (including phenoxy) is 1. The van der Waals surface area contributed by atoms with Gasteiger partial charge < -0.3 is 9.84 Å². The largest absolute Gasteiger partial charge is 0.481 e. The number of carboxylic acid groups (broad SMARTS) is 1. The maximum Gasteiger partial charge on any atom is 0.307 e. The molecule has 242 valence electrons. The van der Waals surface area contributed by atoms with Gasteiger partial charge in [-0.2, -0.15) is 0 Å². The summed E-state index contributed by atoms with van der Waals surface area (Å²) in [5.41, 5.74) is 0. The lowest BCUT2D eigenvalue weighted by Gasteiger charge is -2.16. The normalized spacial score (nSPS) is 12.2. The number of hydrogen-bond acceptors (Lipinski definition) is 3. The fourth-order valence-corrected chi connectivity index (χ4v) is 5.54. The third-order valence-electron chi connectivity index (χ3n) is 8.22. The van der Waals surface area contributed by atoms with Gasteiger partial charge in [-0.3, -0.25) is 9.59 Å². The highest BCUT2D eigenvalue weighted by Gasteiger charge is 2.17. The molecule has 0 saturated carbocycles. The van der Waals surface area contributed by atoms with Crippen molar-refractivity contribution in [1.82, 2.24) is 0 Å². The van der Waals surface area contributed by atoms with Crippen LogP contribution < -0.4 is 0 Å². The first-order chi connectivity index (χ1) is 20.1. The van der Waals surface area contributed by atoms with Crippen LogP contribution >= 0.6 is 0 Å². The SMILES string of the molecule is CCCC/C=C\CCCCCCCCC(=O)OC(CCCCCCCCCCCCCCCCCCC)CC(=O)O. The van der Waals surface area contributed by atoms with Gasteiger partial charge in [-0.15, -0.1) is 0 Å². The number of allylic oxidation sites excluding steroid dienone is 2. The van der Waals surface area contributed by atoms with Crippen LogP contribution in [0.15, 0.2) is 12.2 Å². The van der Waals surface area contributed by atoms with E-state index in [4.69, 9.17) is 4.74 Å². The Morgan fingerprint density at radius 3 is 1.39 bits per heavy atom. The lowest BCUT2D eigenvalue weighted by atomic mass is 10.0. The van der Waals surface area contributed by atoms with E-state index in [1.165, 1.54) is 141 Å². The molecule has 4 heteroatoms. The molecule has 1 atom stereocenters. The van der Waals surface area contributed by atoms with Gasteiger partial charge in [0.05, 0.1) is 6.42 Å². The number of carbonyl (C=O) groups is 2. The van der Waals surface area contributed by atoms with Crippen LogP contribution in [0.4, 0.5) is 0 Å². The van der Waals surface area contributed by atoms with E-state index in [0.717, 1.165) is 32.1 Å². The van der Waals surface area contributed by atoms with E-state index in [1.807, 2.05) is 0 Å². The summed E-state index contributed by atoms with van der Waals surface area (Å²) in [6, 6.07) is 0. The summed E-state index contributed by atoms with van der Waals surface area (Å²) < 4.78 is 5.56. The van der Waals surface area contributed by atoms with Crippen molar-refractivity contribution in [2.75, 3.05) is 0 Å². The maximum atomic E-state index is 12.3. The maximum absolute atomic E-state index is 12.3. The van der Waals surface area contributed by atoms with Crippen LogP contribution in [0.2, 0.25) is 0 Å². The van der Waals surface area contributed by atoms with E-state index in [1.54, 1.807) is 0 Å². The van der Waals surface area contributed by atoms with Gasteiger partial charge in [-0.25, -0.2) is 0 Å². The van der Waals surface area contributed by atoms with Crippen molar-refractivity contribution in [1.29, 1.82) is 0 Å². The zero-order chi connectivity index (χ0) is 30.1. The van der Waals surface area contributed by atoms with Crippen LogP contribution in [0.5, 0.6) is 0 Å². The summed E-state index contributed by atoms with van der Waals surface area (Å²) in [6.45, 7) is 4.51. The van der Waals surface area contributed by atoms with E-state index < -0.39 is 12.1 Å². The van der Waals surface area contributed by atoms with Gasteiger partial charge in [0, 0.05) is 6.42 Å². The number of carbonyl (C=O) groups excluding carboxylic acids is 1. The molecule has 0 amide bonds. The van der Waals surface area contributed by atoms with Crippen molar-refractivity contribution in [3.8, 4) is 0 Å². The van der Waals surface area contributed by atoms with Crippen molar-refractivity contribution < 1.29 is 19.4 Å². The van der Waals surface area contributed by atoms with E-state index in [-0.39, 0.29) is 12.4 Å². The average molecular weight is 579 g/mol. The Hall–Kier alpha value is -1.32. The molecule has 0 saturated heterocycles. The molecular weight excluding hydrogens is 508 g/mol. The molecule has 0 aliphatic carbocycles. The van der Waals surface area contributed by atoms with E-state index >= 15 is 0 Å². The molecule has 0 rings (SSSR count). The fraction of sp³-hybridized carbons (Fsp3) is 0.892. The molecule has 1 N–H and O–H groups in total. The Labute approximate surface area is 255 Å². The molecule has 0 aromatic carbocycles. The van der Waals surface area contributed by atoms with Crippen LogP contribution in [0.25, 0.3) is 0 Å². The third-order valence-corrected chi connectivity index (χ3v) is 8.22. The number of aliphatic carboxylic acids is 1. The summed E-state index contributed by atoms with van der Waals surface area (Å²) in [4.78, 5) is 23.5. The van der Waals surface area contributed by atoms with Gasteiger partial charge >= 0.3 is 11.9 Å². The van der Waals surface area contributed by atoms with Gasteiger partial charge in [0.1, 0.15) is 6.10 Å². The summed E-state index contributed by atoms with van der Waals surface area (Å²) in [7, 11) is 0. The number of esters is 1. The first-order valence-electron chi connectivity index (χ1n) is 18.2. The monoisotopic (exact) mass is 579 g/mol. The molecule has 0 fully saturated rings. The Bertz CT molecular complexity index is 585. The molecule has 4 nitrogen and oxygen atoms in total.